The predicted octanol–water partition coefficient (Wildman–Crippen LogP) is 3.20. The molecule has 0 aliphatic rings. The van der Waals surface area contributed by atoms with Crippen LogP contribution < -0.4 is 0 Å². The summed E-state index contributed by atoms with van der Waals surface area (Å²) >= 11 is 0. The first-order chi connectivity index (χ1) is 10.8. The van der Waals surface area contributed by atoms with Crippen molar-refractivity contribution in [2.45, 2.75) is 26.2 Å². The zero-order chi connectivity index (χ0) is 17.2. The largest absolute Gasteiger partial charge is 0.376 e. The zero-order valence-electron chi connectivity index (χ0n) is 16.1. The summed E-state index contributed by atoms with van der Waals surface area (Å²) in [5, 5.41) is 0. The minimum Gasteiger partial charge on any atom is -0.376 e. The molecule has 0 aliphatic heterocycles. The lowest BCUT2D eigenvalue weighted by molar-refractivity contribution is -0.909. The first-order valence-electron chi connectivity index (χ1n) is 9.10. The van der Waals surface area contributed by atoms with Gasteiger partial charge in [0.2, 0.25) is 0 Å². The molecule has 1 aromatic carbocycles. The van der Waals surface area contributed by atoms with Gasteiger partial charge in [0.25, 0.3) is 0 Å². The third-order valence-electron chi connectivity index (χ3n) is 4.64. The minimum atomic E-state index is 0.825. The van der Waals surface area contributed by atoms with Gasteiger partial charge in [0.05, 0.1) is 54.4 Å². The zero-order valence-corrected chi connectivity index (χ0v) is 16.1. The first kappa shape index (κ1) is 20.1. The summed E-state index contributed by atoms with van der Waals surface area (Å²) in [5.41, 5.74) is 1.46. The van der Waals surface area contributed by atoms with Gasteiger partial charge in [-0.15, -0.1) is 0 Å². The van der Waals surface area contributed by atoms with E-state index in [9.17, 15) is 0 Å². The molecule has 1 rings (SSSR count). The Kier molecular flexibility index (Phi) is 8.82. The van der Waals surface area contributed by atoms with E-state index in [4.69, 9.17) is 4.74 Å². The number of hydrogen-bond donors (Lipinski definition) is 0. The van der Waals surface area contributed by atoms with Crippen LogP contribution >= 0.6 is 0 Å². The standard InChI is InChI=1S/C20H38N2O/c1-6-23-19-18-22(4,5)17-11-16-21(2,3)15-10-14-20-12-8-7-9-13-20/h7-9,12-13H,6,10-11,14-19H2,1-5H3/q+2. The minimum absolute atomic E-state index is 0.825. The van der Waals surface area contributed by atoms with Crippen LogP contribution in [0.4, 0.5) is 0 Å². The van der Waals surface area contributed by atoms with Crippen LogP contribution in [0.15, 0.2) is 30.3 Å². The fraction of sp³-hybridized carbons (Fsp3) is 0.700. The van der Waals surface area contributed by atoms with Crippen LogP contribution in [0.2, 0.25) is 0 Å². The Morgan fingerprint density at radius 1 is 0.783 bits per heavy atom. The van der Waals surface area contributed by atoms with Gasteiger partial charge in [0, 0.05) is 19.4 Å². The molecular weight excluding hydrogens is 284 g/mol. The molecular formula is C20H38N2O+2. The number of ether oxygens (including phenoxy) is 1. The highest BCUT2D eigenvalue weighted by molar-refractivity contribution is 5.14. The predicted molar refractivity (Wildman–Crippen MR) is 99.6 cm³/mol. The average Bonchev–Trinajstić information content (AvgIpc) is 2.48. The van der Waals surface area contributed by atoms with Crippen molar-refractivity contribution in [2.75, 3.05) is 67.6 Å². The van der Waals surface area contributed by atoms with E-state index in [-0.39, 0.29) is 0 Å². The summed E-state index contributed by atoms with van der Waals surface area (Å²) in [6.45, 7) is 8.61. The molecule has 132 valence electrons. The third kappa shape index (κ3) is 9.75. The summed E-state index contributed by atoms with van der Waals surface area (Å²) in [7, 11) is 9.36. The Morgan fingerprint density at radius 2 is 1.35 bits per heavy atom. The molecule has 0 N–H and O–H groups in total. The summed E-state index contributed by atoms with van der Waals surface area (Å²) in [6.07, 6.45) is 3.73. The molecule has 0 fully saturated rings. The van der Waals surface area contributed by atoms with E-state index in [2.05, 4.69) is 65.4 Å². The van der Waals surface area contributed by atoms with E-state index in [1.54, 1.807) is 0 Å². The number of likely N-dealkylation sites (N-methyl/N-ethyl adjacent to an activating group) is 1. The first-order valence-corrected chi connectivity index (χ1v) is 9.10. The molecule has 0 unspecified atom stereocenters. The molecule has 0 aliphatic carbocycles. The Labute approximate surface area is 144 Å². The molecule has 0 aromatic heterocycles. The van der Waals surface area contributed by atoms with Crippen molar-refractivity contribution in [3.63, 3.8) is 0 Å². The number of nitrogens with zero attached hydrogens (tertiary/aromatic N) is 2. The summed E-state index contributed by atoms with van der Waals surface area (Å²) in [6, 6.07) is 10.8. The lowest BCUT2D eigenvalue weighted by Crippen LogP contribution is -2.47. The maximum Gasteiger partial charge on any atom is 0.102 e. The van der Waals surface area contributed by atoms with Gasteiger partial charge in [0.1, 0.15) is 6.54 Å². The van der Waals surface area contributed by atoms with Crippen molar-refractivity contribution in [1.82, 2.24) is 0 Å². The van der Waals surface area contributed by atoms with Crippen molar-refractivity contribution in [3.05, 3.63) is 35.9 Å². The Balaban J connectivity index is 2.21. The molecule has 3 nitrogen and oxygen atoms in total. The van der Waals surface area contributed by atoms with Gasteiger partial charge in [-0.2, -0.15) is 0 Å². The van der Waals surface area contributed by atoms with Crippen LogP contribution in [-0.2, 0) is 11.2 Å². The summed E-state index contributed by atoms with van der Waals surface area (Å²) in [5.74, 6) is 0. The van der Waals surface area contributed by atoms with Crippen LogP contribution in [0.1, 0.15) is 25.3 Å². The molecule has 0 saturated heterocycles. The van der Waals surface area contributed by atoms with E-state index in [1.807, 2.05) is 0 Å². The third-order valence-corrected chi connectivity index (χ3v) is 4.64. The SMILES string of the molecule is CCOCC[N+](C)(C)CCC[N+](C)(C)CCCc1ccccc1. The maximum absolute atomic E-state index is 5.49. The molecule has 0 amide bonds. The Hall–Kier alpha value is -0.900. The molecule has 0 spiro atoms. The van der Waals surface area contributed by atoms with Gasteiger partial charge in [0.15, 0.2) is 0 Å². The highest BCUT2D eigenvalue weighted by Crippen LogP contribution is 2.08. The summed E-state index contributed by atoms with van der Waals surface area (Å²) in [4.78, 5) is 0. The van der Waals surface area contributed by atoms with Crippen LogP contribution in [0.25, 0.3) is 0 Å². The molecule has 0 atom stereocenters. The lowest BCUT2D eigenvalue weighted by Gasteiger charge is -2.33. The van der Waals surface area contributed by atoms with Gasteiger partial charge in [-0.25, -0.2) is 0 Å². The van der Waals surface area contributed by atoms with Crippen molar-refractivity contribution in [1.29, 1.82) is 0 Å². The Morgan fingerprint density at radius 3 is 1.96 bits per heavy atom. The average molecular weight is 323 g/mol. The van der Waals surface area contributed by atoms with Crippen LogP contribution in [0.3, 0.4) is 0 Å². The number of benzene rings is 1. The molecule has 0 bridgehead atoms. The topological polar surface area (TPSA) is 9.23 Å². The van der Waals surface area contributed by atoms with Crippen LogP contribution in [0, 0.1) is 0 Å². The molecule has 0 radical (unpaired) electrons. The molecule has 1 aromatic rings. The summed E-state index contributed by atoms with van der Waals surface area (Å²) < 4.78 is 7.68. The number of aryl methyl sites for hydroxylation is 1. The smallest absolute Gasteiger partial charge is 0.102 e. The number of rotatable bonds is 12. The highest BCUT2D eigenvalue weighted by Gasteiger charge is 2.19. The monoisotopic (exact) mass is 322 g/mol. The van der Waals surface area contributed by atoms with Gasteiger partial charge >= 0.3 is 0 Å². The van der Waals surface area contributed by atoms with Crippen LogP contribution in [0.5, 0.6) is 0 Å². The van der Waals surface area contributed by atoms with E-state index in [1.165, 1.54) is 44.5 Å². The normalized spacial score (nSPS) is 12.6. The van der Waals surface area contributed by atoms with E-state index < -0.39 is 0 Å². The van der Waals surface area contributed by atoms with Crippen molar-refractivity contribution in [2.24, 2.45) is 0 Å². The number of hydrogen-bond acceptors (Lipinski definition) is 1. The Bertz CT molecular complexity index is 415. The quantitative estimate of drug-likeness (QED) is 0.424. The molecule has 0 heterocycles. The molecule has 0 saturated carbocycles. The fourth-order valence-electron chi connectivity index (χ4n) is 2.96. The van der Waals surface area contributed by atoms with Gasteiger partial charge in [-0.3, -0.25) is 0 Å². The maximum atomic E-state index is 5.49. The van der Waals surface area contributed by atoms with E-state index in [0.29, 0.717) is 0 Å². The van der Waals surface area contributed by atoms with Gasteiger partial charge in [-0.05, 0) is 18.9 Å². The van der Waals surface area contributed by atoms with Gasteiger partial charge in [-0.1, -0.05) is 30.3 Å². The van der Waals surface area contributed by atoms with E-state index >= 15 is 0 Å². The van der Waals surface area contributed by atoms with E-state index in [0.717, 1.165) is 28.7 Å². The molecule has 23 heavy (non-hydrogen) atoms. The fourth-order valence-corrected chi connectivity index (χ4v) is 2.96. The molecule has 3 heteroatoms. The van der Waals surface area contributed by atoms with Crippen molar-refractivity contribution in [3.8, 4) is 0 Å². The number of quaternary nitrogens is 2. The highest BCUT2D eigenvalue weighted by atomic mass is 16.5. The van der Waals surface area contributed by atoms with Gasteiger partial charge < -0.3 is 13.7 Å². The van der Waals surface area contributed by atoms with Crippen molar-refractivity contribution >= 4 is 0 Å². The second kappa shape index (κ2) is 10.1. The van der Waals surface area contributed by atoms with Crippen LogP contribution in [-0.4, -0.2) is 76.5 Å². The second-order valence-electron chi connectivity index (χ2n) is 7.91. The lowest BCUT2D eigenvalue weighted by atomic mass is 10.1. The second-order valence-corrected chi connectivity index (χ2v) is 7.91. The van der Waals surface area contributed by atoms with Crippen molar-refractivity contribution < 1.29 is 13.7 Å².